The van der Waals surface area contributed by atoms with Gasteiger partial charge >= 0.3 is 0 Å². The zero-order valence-corrected chi connectivity index (χ0v) is 17.5. The Morgan fingerprint density at radius 3 is 2.67 bits per heavy atom. The number of nitrogens with two attached hydrogens (primary N) is 1. The first-order valence-corrected chi connectivity index (χ1v) is 10.4. The first-order valence-electron chi connectivity index (χ1n) is 10.4. The van der Waals surface area contributed by atoms with Gasteiger partial charge in [-0.15, -0.1) is 0 Å². The molecule has 0 aliphatic carbocycles. The molecule has 1 fully saturated rings. The van der Waals surface area contributed by atoms with Gasteiger partial charge in [0.15, 0.2) is 0 Å². The fourth-order valence-electron chi connectivity index (χ4n) is 3.93. The number of rotatable bonds is 7. The second-order valence-corrected chi connectivity index (χ2v) is 7.50. The number of para-hydroxylation sites is 1. The molecule has 0 spiro atoms. The average molecular weight is 405 g/mol. The minimum absolute atomic E-state index is 0.230. The van der Waals surface area contributed by atoms with Crippen LogP contribution in [0.15, 0.2) is 48.5 Å². The molecule has 1 atom stereocenters. The third-order valence-corrected chi connectivity index (χ3v) is 5.37. The number of nitrogens with one attached hydrogen (secondary N) is 1. The summed E-state index contributed by atoms with van der Waals surface area (Å²) in [6, 6.07) is 16.8. The quantitative estimate of drug-likeness (QED) is 0.609. The predicted molar refractivity (Wildman–Crippen MR) is 119 cm³/mol. The number of likely N-dealkylation sites (tertiary alicyclic amines) is 1. The van der Waals surface area contributed by atoms with Crippen LogP contribution in [0.2, 0.25) is 0 Å². The average Bonchev–Trinajstić information content (AvgIpc) is 3.18. The normalized spacial score (nSPS) is 16.5. The van der Waals surface area contributed by atoms with E-state index in [1.54, 1.807) is 0 Å². The number of aryl methyl sites for hydroxylation is 1. The molecule has 0 bridgehead atoms. The molecule has 7 nitrogen and oxygen atoms in total. The van der Waals surface area contributed by atoms with Crippen LogP contribution >= 0.6 is 0 Å². The maximum atomic E-state index is 5.98. The molecule has 1 saturated heterocycles. The Bertz CT molecular complexity index is 991. The smallest absolute Gasteiger partial charge is 0.232 e. The molecule has 2 heterocycles. The molecule has 1 aliphatic rings. The summed E-state index contributed by atoms with van der Waals surface area (Å²) in [5.74, 6) is 2.29. The first-order chi connectivity index (χ1) is 14.6. The SMILES string of the molecule is CCOc1ccc(C2CCCN2Cc2nc(N)nc(Nc3ccccc3C)n2)cc1. The number of benzene rings is 2. The fraction of sp³-hybridized carbons (Fsp3) is 0.348. The molecule has 156 valence electrons. The van der Waals surface area contributed by atoms with Crippen LogP contribution in [-0.2, 0) is 6.54 Å². The van der Waals surface area contributed by atoms with Gasteiger partial charge in [0.25, 0.3) is 0 Å². The van der Waals surface area contributed by atoms with E-state index in [1.807, 2.05) is 50.2 Å². The van der Waals surface area contributed by atoms with E-state index >= 15 is 0 Å². The largest absolute Gasteiger partial charge is 0.494 e. The number of anilines is 3. The molecule has 0 saturated carbocycles. The summed E-state index contributed by atoms with van der Waals surface area (Å²) < 4.78 is 5.57. The second-order valence-electron chi connectivity index (χ2n) is 7.50. The molecule has 4 rings (SSSR count). The maximum absolute atomic E-state index is 5.98. The van der Waals surface area contributed by atoms with E-state index in [2.05, 4.69) is 37.3 Å². The van der Waals surface area contributed by atoms with Crippen molar-refractivity contribution in [3.63, 3.8) is 0 Å². The Hall–Kier alpha value is -3.19. The van der Waals surface area contributed by atoms with Crippen molar-refractivity contribution in [1.29, 1.82) is 0 Å². The highest BCUT2D eigenvalue weighted by Gasteiger charge is 2.27. The number of ether oxygens (including phenoxy) is 1. The van der Waals surface area contributed by atoms with E-state index in [1.165, 1.54) is 5.56 Å². The molecular weight excluding hydrogens is 376 g/mol. The van der Waals surface area contributed by atoms with Crippen LogP contribution in [0.4, 0.5) is 17.6 Å². The van der Waals surface area contributed by atoms with Gasteiger partial charge < -0.3 is 15.8 Å². The van der Waals surface area contributed by atoms with Crippen molar-refractivity contribution in [3.05, 3.63) is 65.5 Å². The summed E-state index contributed by atoms with van der Waals surface area (Å²) in [6.07, 6.45) is 2.26. The molecule has 1 unspecified atom stereocenters. The molecular formula is C23H28N6O. The number of hydrogen-bond acceptors (Lipinski definition) is 7. The van der Waals surface area contributed by atoms with E-state index in [-0.39, 0.29) is 5.95 Å². The number of nitrogens with zero attached hydrogens (tertiary/aromatic N) is 4. The van der Waals surface area contributed by atoms with Crippen molar-refractivity contribution < 1.29 is 4.74 Å². The molecule has 3 N–H and O–H groups in total. The Morgan fingerprint density at radius 2 is 1.90 bits per heavy atom. The van der Waals surface area contributed by atoms with Gasteiger partial charge in [-0.05, 0) is 62.6 Å². The molecule has 30 heavy (non-hydrogen) atoms. The molecule has 0 amide bonds. The minimum Gasteiger partial charge on any atom is -0.494 e. The van der Waals surface area contributed by atoms with Crippen molar-refractivity contribution in [2.45, 2.75) is 39.3 Å². The number of aromatic nitrogens is 3. The van der Waals surface area contributed by atoms with E-state index in [0.29, 0.717) is 31.0 Å². The van der Waals surface area contributed by atoms with E-state index in [9.17, 15) is 0 Å². The molecule has 1 aliphatic heterocycles. The van der Waals surface area contributed by atoms with Crippen LogP contribution in [0.1, 0.15) is 42.8 Å². The van der Waals surface area contributed by atoms with Crippen LogP contribution in [0.25, 0.3) is 0 Å². The summed E-state index contributed by atoms with van der Waals surface area (Å²) in [6.45, 7) is 6.35. The van der Waals surface area contributed by atoms with Crippen LogP contribution < -0.4 is 15.8 Å². The highest BCUT2D eigenvalue weighted by Crippen LogP contribution is 2.33. The zero-order chi connectivity index (χ0) is 20.9. The lowest BCUT2D eigenvalue weighted by Gasteiger charge is -2.24. The van der Waals surface area contributed by atoms with Gasteiger partial charge in [-0.2, -0.15) is 15.0 Å². The van der Waals surface area contributed by atoms with Gasteiger partial charge in [0, 0.05) is 11.7 Å². The summed E-state index contributed by atoms with van der Waals surface area (Å²) in [7, 11) is 0. The van der Waals surface area contributed by atoms with Gasteiger partial charge in [-0.1, -0.05) is 30.3 Å². The van der Waals surface area contributed by atoms with Crippen LogP contribution in [0.5, 0.6) is 5.75 Å². The summed E-state index contributed by atoms with van der Waals surface area (Å²) in [4.78, 5) is 15.7. The Balaban J connectivity index is 1.50. The standard InChI is InChI=1S/C23H28N6O/c1-3-30-18-12-10-17(11-13-18)20-9-6-14-29(20)15-21-26-22(24)28-23(27-21)25-19-8-5-4-7-16(19)2/h4-5,7-8,10-13,20H,3,6,9,14-15H2,1-2H3,(H3,24,25,26,27,28). The van der Waals surface area contributed by atoms with Crippen molar-refractivity contribution >= 4 is 17.6 Å². The lowest BCUT2D eigenvalue weighted by molar-refractivity contribution is 0.242. The van der Waals surface area contributed by atoms with Gasteiger partial charge in [0.1, 0.15) is 11.6 Å². The molecule has 3 aromatic rings. The summed E-state index contributed by atoms with van der Waals surface area (Å²) in [5, 5.41) is 3.26. The van der Waals surface area contributed by atoms with Crippen molar-refractivity contribution in [2.24, 2.45) is 0 Å². The van der Waals surface area contributed by atoms with Crippen LogP contribution in [-0.4, -0.2) is 33.0 Å². The molecule has 2 aromatic carbocycles. The van der Waals surface area contributed by atoms with Gasteiger partial charge in [0.05, 0.1) is 13.2 Å². The van der Waals surface area contributed by atoms with E-state index in [4.69, 9.17) is 10.5 Å². The molecule has 1 aromatic heterocycles. The first kappa shape index (κ1) is 20.1. The fourth-order valence-corrected chi connectivity index (χ4v) is 3.93. The minimum atomic E-state index is 0.230. The van der Waals surface area contributed by atoms with Crippen molar-refractivity contribution in [3.8, 4) is 5.75 Å². The highest BCUT2D eigenvalue weighted by molar-refractivity contribution is 5.58. The van der Waals surface area contributed by atoms with Gasteiger partial charge in [-0.25, -0.2) is 0 Å². The Morgan fingerprint density at radius 1 is 1.10 bits per heavy atom. The zero-order valence-electron chi connectivity index (χ0n) is 17.5. The lowest BCUT2D eigenvalue weighted by Crippen LogP contribution is -2.24. The second kappa shape index (κ2) is 9.09. The predicted octanol–water partition coefficient (Wildman–Crippen LogP) is 4.24. The number of nitrogen functional groups attached to an aromatic ring is 1. The molecule has 0 radical (unpaired) electrons. The Kier molecular flexibility index (Phi) is 6.09. The summed E-state index contributed by atoms with van der Waals surface area (Å²) in [5.41, 5.74) is 9.35. The van der Waals surface area contributed by atoms with Crippen LogP contribution in [0.3, 0.4) is 0 Å². The Labute approximate surface area is 177 Å². The van der Waals surface area contributed by atoms with Gasteiger partial charge in [-0.3, -0.25) is 4.90 Å². The van der Waals surface area contributed by atoms with E-state index in [0.717, 1.165) is 36.4 Å². The monoisotopic (exact) mass is 404 g/mol. The summed E-state index contributed by atoms with van der Waals surface area (Å²) >= 11 is 0. The topological polar surface area (TPSA) is 89.2 Å². The highest BCUT2D eigenvalue weighted by atomic mass is 16.5. The van der Waals surface area contributed by atoms with Crippen molar-refractivity contribution in [2.75, 3.05) is 24.2 Å². The molecule has 7 heteroatoms. The van der Waals surface area contributed by atoms with Crippen molar-refractivity contribution in [1.82, 2.24) is 19.9 Å². The maximum Gasteiger partial charge on any atom is 0.232 e. The van der Waals surface area contributed by atoms with Gasteiger partial charge in [0.2, 0.25) is 11.9 Å². The lowest BCUT2D eigenvalue weighted by atomic mass is 10.0. The number of hydrogen-bond donors (Lipinski definition) is 2. The third-order valence-electron chi connectivity index (χ3n) is 5.37. The van der Waals surface area contributed by atoms with Crippen LogP contribution in [0, 0.1) is 6.92 Å². The van der Waals surface area contributed by atoms with E-state index < -0.39 is 0 Å². The third kappa shape index (κ3) is 4.68.